The molecule has 0 heterocycles. The molecule has 0 spiro atoms. The van der Waals surface area contributed by atoms with Crippen molar-refractivity contribution in [1.29, 1.82) is 0 Å². The normalized spacial score (nSPS) is 11.7. The molecule has 0 fully saturated rings. The number of aromatic hydroxyl groups is 2. The molecule has 0 saturated heterocycles. The molecular formula is C10H15NO2. The Labute approximate surface area is 77.8 Å². The first-order valence-electron chi connectivity index (χ1n) is 4.14. The molecule has 0 aliphatic heterocycles. The number of nitrogens with two attached hydrogens (primary N) is 1. The van der Waals surface area contributed by atoms with E-state index in [9.17, 15) is 10.2 Å². The van der Waals surface area contributed by atoms with Crippen LogP contribution in [0.5, 0.6) is 11.5 Å². The number of hydrogen-bond acceptors (Lipinski definition) is 3. The molecule has 1 rings (SSSR count). The Morgan fingerprint density at radius 3 is 2.15 bits per heavy atom. The number of rotatable bonds is 1. The first-order valence-corrected chi connectivity index (χ1v) is 4.14. The molecule has 72 valence electrons. The Kier molecular flexibility index (Phi) is 2.22. The predicted molar refractivity (Wildman–Crippen MR) is 51.7 cm³/mol. The van der Waals surface area contributed by atoms with Crippen molar-refractivity contribution in [3.63, 3.8) is 0 Å². The van der Waals surface area contributed by atoms with Gasteiger partial charge in [-0.25, -0.2) is 0 Å². The van der Waals surface area contributed by atoms with Gasteiger partial charge in [0.2, 0.25) is 0 Å². The maximum Gasteiger partial charge on any atom is 0.124 e. The average molecular weight is 181 g/mol. The molecule has 0 bridgehead atoms. The lowest BCUT2D eigenvalue weighted by atomic mass is 9.93. The minimum absolute atomic E-state index is 0.0376. The van der Waals surface area contributed by atoms with Crippen molar-refractivity contribution in [3.05, 3.63) is 23.3 Å². The zero-order valence-electron chi connectivity index (χ0n) is 8.13. The third-order valence-corrected chi connectivity index (χ3v) is 2.01. The summed E-state index contributed by atoms with van der Waals surface area (Å²) in [6.07, 6.45) is 0. The van der Waals surface area contributed by atoms with Crippen molar-refractivity contribution >= 4 is 0 Å². The van der Waals surface area contributed by atoms with Crippen LogP contribution in [0, 0.1) is 6.92 Å². The van der Waals surface area contributed by atoms with Crippen molar-refractivity contribution in [2.24, 2.45) is 5.73 Å². The van der Waals surface area contributed by atoms with Gasteiger partial charge in [-0.3, -0.25) is 0 Å². The van der Waals surface area contributed by atoms with Crippen LogP contribution in [-0.4, -0.2) is 10.2 Å². The summed E-state index contributed by atoms with van der Waals surface area (Å²) >= 11 is 0. The molecule has 0 aliphatic rings. The minimum atomic E-state index is -0.595. The minimum Gasteiger partial charge on any atom is -0.508 e. The number of hydrogen-bond donors (Lipinski definition) is 3. The second kappa shape index (κ2) is 2.92. The van der Waals surface area contributed by atoms with Crippen LogP contribution in [0.15, 0.2) is 12.1 Å². The summed E-state index contributed by atoms with van der Waals surface area (Å²) in [5.74, 6) is 0.126. The van der Waals surface area contributed by atoms with E-state index >= 15 is 0 Å². The number of benzene rings is 1. The Bertz CT molecular complexity index is 326. The van der Waals surface area contributed by atoms with Crippen molar-refractivity contribution in [2.75, 3.05) is 0 Å². The fourth-order valence-corrected chi connectivity index (χ4v) is 1.20. The highest BCUT2D eigenvalue weighted by Gasteiger charge is 2.19. The SMILES string of the molecule is Cc1cc(C(C)(C)N)c(O)cc1O. The topological polar surface area (TPSA) is 66.5 Å². The standard InChI is InChI=1S/C10H15NO2/c1-6-4-7(10(2,3)11)9(13)5-8(6)12/h4-5,12-13H,11H2,1-3H3. The lowest BCUT2D eigenvalue weighted by molar-refractivity contribution is 0.425. The van der Waals surface area contributed by atoms with Gasteiger partial charge in [0.1, 0.15) is 11.5 Å². The van der Waals surface area contributed by atoms with E-state index in [4.69, 9.17) is 5.73 Å². The summed E-state index contributed by atoms with van der Waals surface area (Å²) < 4.78 is 0. The summed E-state index contributed by atoms with van der Waals surface area (Å²) in [6.45, 7) is 5.38. The molecule has 0 aromatic heterocycles. The van der Waals surface area contributed by atoms with Gasteiger partial charge in [-0.15, -0.1) is 0 Å². The second-order valence-corrected chi connectivity index (χ2v) is 3.88. The zero-order valence-corrected chi connectivity index (χ0v) is 8.13. The molecule has 0 atom stereocenters. The third-order valence-electron chi connectivity index (χ3n) is 2.01. The lowest BCUT2D eigenvalue weighted by Gasteiger charge is -2.21. The third kappa shape index (κ3) is 1.92. The Hall–Kier alpha value is -1.22. The van der Waals surface area contributed by atoms with Gasteiger partial charge in [0.05, 0.1) is 0 Å². The smallest absolute Gasteiger partial charge is 0.124 e. The molecule has 0 aliphatic carbocycles. The van der Waals surface area contributed by atoms with E-state index in [1.54, 1.807) is 26.8 Å². The highest BCUT2D eigenvalue weighted by atomic mass is 16.3. The second-order valence-electron chi connectivity index (χ2n) is 3.88. The molecule has 3 heteroatoms. The van der Waals surface area contributed by atoms with Gasteiger partial charge < -0.3 is 15.9 Å². The predicted octanol–water partition coefficient (Wildman–Crippen LogP) is 1.60. The summed E-state index contributed by atoms with van der Waals surface area (Å²) in [4.78, 5) is 0. The van der Waals surface area contributed by atoms with E-state index in [0.717, 1.165) is 0 Å². The van der Waals surface area contributed by atoms with Crippen molar-refractivity contribution < 1.29 is 10.2 Å². The number of aryl methyl sites for hydroxylation is 1. The van der Waals surface area contributed by atoms with E-state index in [-0.39, 0.29) is 11.5 Å². The van der Waals surface area contributed by atoms with Crippen LogP contribution in [0.25, 0.3) is 0 Å². The molecular weight excluding hydrogens is 166 g/mol. The van der Waals surface area contributed by atoms with Gasteiger partial charge in [0, 0.05) is 17.2 Å². The van der Waals surface area contributed by atoms with Gasteiger partial charge in [-0.05, 0) is 32.4 Å². The fourth-order valence-electron chi connectivity index (χ4n) is 1.20. The van der Waals surface area contributed by atoms with Crippen LogP contribution in [0.1, 0.15) is 25.0 Å². The largest absolute Gasteiger partial charge is 0.508 e. The van der Waals surface area contributed by atoms with Crippen LogP contribution < -0.4 is 5.73 Å². The molecule has 0 unspecified atom stereocenters. The fraction of sp³-hybridized carbons (Fsp3) is 0.400. The first-order chi connectivity index (χ1) is 5.82. The molecule has 13 heavy (non-hydrogen) atoms. The van der Waals surface area contributed by atoms with Gasteiger partial charge in [-0.2, -0.15) is 0 Å². The van der Waals surface area contributed by atoms with Crippen molar-refractivity contribution in [2.45, 2.75) is 26.3 Å². The van der Waals surface area contributed by atoms with E-state index in [2.05, 4.69) is 0 Å². The maximum atomic E-state index is 9.51. The molecule has 4 N–H and O–H groups in total. The van der Waals surface area contributed by atoms with Crippen LogP contribution in [0.4, 0.5) is 0 Å². The summed E-state index contributed by atoms with van der Waals surface area (Å²) in [6, 6.07) is 3.02. The van der Waals surface area contributed by atoms with Crippen molar-refractivity contribution in [1.82, 2.24) is 0 Å². The van der Waals surface area contributed by atoms with Crippen LogP contribution in [0.2, 0.25) is 0 Å². The molecule has 1 aromatic rings. The number of phenolic OH excluding ortho intramolecular Hbond substituents is 2. The van der Waals surface area contributed by atoms with Crippen LogP contribution >= 0.6 is 0 Å². The Balaban J connectivity index is 3.32. The highest BCUT2D eigenvalue weighted by Crippen LogP contribution is 2.32. The lowest BCUT2D eigenvalue weighted by Crippen LogP contribution is -2.28. The summed E-state index contributed by atoms with van der Waals surface area (Å²) in [5.41, 5.74) is 6.60. The van der Waals surface area contributed by atoms with Crippen molar-refractivity contribution in [3.8, 4) is 11.5 Å². The summed E-state index contributed by atoms with van der Waals surface area (Å²) in [5, 5.41) is 18.8. The molecule has 0 amide bonds. The quantitative estimate of drug-likeness (QED) is 0.616. The van der Waals surface area contributed by atoms with Gasteiger partial charge in [0.25, 0.3) is 0 Å². The van der Waals surface area contributed by atoms with Crippen LogP contribution in [-0.2, 0) is 5.54 Å². The molecule has 3 nitrogen and oxygen atoms in total. The molecule has 1 aromatic carbocycles. The van der Waals surface area contributed by atoms with Gasteiger partial charge in [-0.1, -0.05) is 0 Å². The van der Waals surface area contributed by atoms with Gasteiger partial charge in [0.15, 0.2) is 0 Å². The molecule has 0 radical (unpaired) electrons. The van der Waals surface area contributed by atoms with E-state index in [1.807, 2.05) is 0 Å². The van der Waals surface area contributed by atoms with E-state index in [1.165, 1.54) is 6.07 Å². The molecule has 0 saturated carbocycles. The van der Waals surface area contributed by atoms with Gasteiger partial charge >= 0.3 is 0 Å². The number of phenols is 2. The zero-order chi connectivity index (χ0) is 10.2. The first kappa shape index (κ1) is 9.86. The Morgan fingerprint density at radius 1 is 1.15 bits per heavy atom. The van der Waals surface area contributed by atoms with E-state index in [0.29, 0.717) is 11.1 Å². The highest BCUT2D eigenvalue weighted by molar-refractivity contribution is 5.47. The summed E-state index contributed by atoms with van der Waals surface area (Å²) in [7, 11) is 0. The van der Waals surface area contributed by atoms with E-state index < -0.39 is 5.54 Å². The monoisotopic (exact) mass is 181 g/mol. The average Bonchev–Trinajstić information content (AvgIpc) is 1.94. The maximum absolute atomic E-state index is 9.51. The Morgan fingerprint density at radius 2 is 1.69 bits per heavy atom. The van der Waals surface area contributed by atoms with Crippen LogP contribution in [0.3, 0.4) is 0 Å².